The molecule has 0 unspecified atom stereocenters. The standard InChI is InChI=1S/C14H16N2/c1-9-5-6-13(10(2)7-9)14-8-11(3)15-12(4)16-14/h5-8H,1-4H3. The zero-order valence-corrected chi connectivity index (χ0v) is 10.2. The molecule has 2 heteroatoms. The van der Waals surface area contributed by atoms with Crippen LogP contribution in [0, 0.1) is 27.7 Å². The van der Waals surface area contributed by atoms with E-state index in [1.165, 1.54) is 16.7 Å². The van der Waals surface area contributed by atoms with Gasteiger partial charge in [-0.15, -0.1) is 0 Å². The van der Waals surface area contributed by atoms with Gasteiger partial charge in [0.25, 0.3) is 0 Å². The van der Waals surface area contributed by atoms with Crippen molar-refractivity contribution in [1.29, 1.82) is 0 Å². The van der Waals surface area contributed by atoms with Crippen LogP contribution in [0.15, 0.2) is 24.3 Å². The lowest BCUT2D eigenvalue weighted by Crippen LogP contribution is -1.95. The Labute approximate surface area is 96.4 Å². The lowest BCUT2D eigenvalue weighted by atomic mass is 10.0. The molecule has 0 spiro atoms. The molecular formula is C14H16N2. The van der Waals surface area contributed by atoms with E-state index in [2.05, 4.69) is 42.0 Å². The number of hydrogen-bond donors (Lipinski definition) is 0. The summed E-state index contributed by atoms with van der Waals surface area (Å²) < 4.78 is 0. The van der Waals surface area contributed by atoms with E-state index < -0.39 is 0 Å². The summed E-state index contributed by atoms with van der Waals surface area (Å²) in [5.74, 6) is 0.829. The van der Waals surface area contributed by atoms with E-state index >= 15 is 0 Å². The first kappa shape index (κ1) is 10.8. The summed E-state index contributed by atoms with van der Waals surface area (Å²) in [5.41, 5.74) is 5.77. The Morgan fingerprint density at radius 2 is 1.62 bits per heavy atom. The summed E-state index contributed by atoms with van der Waals surface area (Å²) in [6.07, 6.45) is 0. The minimum absolute atomic E-state index is 0.829. The molecule has 2 aromatic rings. The Morgan fingerprint density at radius 3 is 2.25 bits per heavy atom. The van der Waals surface area contributed by atoms with Crippen molar-refractivity contribution in [2.24, 2.45) is 0 Å². The Bertz CT molecular complexity index is 510. The van der Waals surface area contributed by atoms with Gasteiger partial charge in [0.1, 0.15) is 5.82 Å². The fourth-order valence-electron chi connectivity index (χ4n) is 1.96. The number of rotatable bonds is 1. The fraction of sp³-hybridized carbons (Fsp3) is 0.286. The van der Waals surface area contributed by atoms with E-state index in [0.29, 0.717) is 0 Å². The predicted octanol–water partition coefficient (Wildman–Crippen LogP) is 3.38. The third-order valence-electron chi connectivity index (χ3n) is 2.62. The van der Waals surface area contributed by atoms with Gasteiger partial charge in [0, 0.05) is 11.3 Å². The topological polar surface area (TPSA) is 25.8 Å². The predicted molar refractivity (Wildman–Crippen MR) is 66.4 cm³/mol. The van der Waals surface area contributed by atoms with Gasteiger partial charge in [0.2, 0.25) is 0 Å². The summed E-state index contributed by atoms with van der Waals surface area (Å²) in [6.45, 7) is 8.16. The number of nitrogens with zero attached hydrogens (tertiary/aromatic N) is 2. The minimum atomic E-state index is 0.829. The van der Waals surface area contributed by atoms with E-state index in [1.807, 2.05) is 19.9 Å². The SMILES string of the molecule is Cc1ccc(-c2cc(C)nc(C)n2)c(C)c1. The van der Waals surface area contributed by atoms with E-state index in [9.17, 15) is 0 Å². The second-order valence-electron chi connectivity index (χ2n) is 4.26. The van der Waals surface area contributed by atoms with E-state index in [0.717, 1.165) is 17.2 Å². The van der Waals surface area contributed by atoms with Gasteiger partial charge >= 0.3 is 0 Å². The highest BCUT2D eigenvalue weighted by molar-refractivity contribution is 5.64. The molecule has 0 atom stereocenters. The molecule has 1 aromatic heterocycles. The number of aromatic nitrogens is 2. The lowest BCUT2D eigenvalue weighted by molar-refractivity contribution is 1.01. The first-order valence-corrected chi connectivity index (χ1v) is 5.46. The van der Waals surface area contributed by atoms with E-state index in [4.69, 9.17) is 0 Å². The van der Waals surface area contributed by atoms with Gasteiger partial charge in [-0.2, -0.15) is 0 Å². The number of aryl methyl sites for hydroxylation is 4. The average molecular weight is 212 g/mol. The van der Waals surface area contributed by atoms with Crippen molar-refractivity contribution in [2.75, 3.05) is 0 Å². The Hall–Kier alpha value is -1.70. The third-order valence-corrected chi connectivity index (χ3v) is 2.62. The first-order valence-electron chi connectivity index (χ1n) is 5.46. The molecule has 0 radical (unpaired) electrons. The lowest BCUT2D eigenvalue weighted by Gasteiger charge is -2.07. The molecular weight excluding hydrogens is 196 g/mol. The number of hydrogen-bond acceptors (Lipinski definition) is 2. The van der Waals surface area contributed by atoms with E-state index in [1.54, 1.807) is 0 Å². The molecule has 2 nitrogen and oxygen atoms in total. The molecule has 0 fully saturated rings. The maximum atomic E-state index is 4.48. The van der Waals surface area contributed by atoms with Crippen LogP contribution in [0.3, 0.4) is 0 Å². The Morgan fingerprint density at radius 1 is 0.875 bits per heavy atom. The zero-order valence-electron chi connectivity index (χ0n) is 10.2. The molecule has 82 valence electrons. The second-order valence-corrected chi connectivity index (χ2v) is 4.26. The second kappa shape index (κ2) is 4.05. The molecule has 2 rings (SSSR count). The van der Waals surface area contributed by atoms with Gasteiger partial charge in [-0.1, -0.05) is 23.8 Å². The normalized spacial score (nSPS) is 10.5. The quantitative estimate of drug-likeness (QED) is 0.724. The van der Waals surface area contributed by atoms with Crippen molar-refractivity contribution in [2.45, 2.75) is 27.7 Å². The molecule has 0 aliphatic carbocycles. The zero-order chi connectivity index (χ0) is 11.7. The largest absolute Gasteiger partial charge is 0.239 e. The monoisotopic (exact) mass is 212 g/mol. The molecule has 1 heterocycles. The van der Waals surface area contributed by atoms with E-state index in [-0.39, 0.29) is 0 Å². The smallest absolute Gasteiger partial charge is 0.126 e. The van der Waals surface area contributed by atoms with Gasteiger partial charge in [-0.05, 0) is 39.3 Å². The maximum Gasteiger partial charge on any atom is 0.126 e. The molecule has 0 aliphatic rings. The Balaban J connectivity index is 2.58. The molecule has 0 saturated heterocycles. The highest BCUT2D eigenvalue weighted by Crippen LogP contribution is 2.22. The number of benzene rings is 1. The van der Waals surface area contributed by atoms with Crippen molar-refractivity contribution in [1.82, 2.24) is 9.97 Å². The summed E-state index contributed by atoms with van der Waals surface area (Å²) in [5, 5.41) is 0. The van der Waals surface area contributed by atoms with Crippen molar-refractivity contribution in [3.05, 3.63) is 46.9 Å². The molecule has 0 aliphatic heterocycles. The molecule has 1 aromatic carbocycles. The van der Waals surface area contributed by atoms with Crippen LogP contribution in [0.2, 0.25) is 0 Å². The van der Waals surface area contributed by atoms with Crippen LogP contribution >= 0.6 is 0 Å². The first-order chi connectivity index (χ1) is 7.56. The average Bonchev–Trinajstić information content (AvgIpc) is 2.15. The third kappa shape index (κ3) is 2.11. The fourth-order valence-corrected chi connectivity index (χ4v) is 1.96. The van der Waals surface area contributed by atoms with Crippen molar-refractivity contribution in [3.8, 4) is 11.3 Å². The van der Waals surface area contributed by atoms with Crippen molar-refractivity contribution in [3.63, 3.8) is 0 Å². The molecule has 0 N–H and O–H groups in total. The molecule has 0 amide bonds. The van der Waals surface area contributed by atoms with Crippen LogP contribution in [0.4, 0.5) is 0 Å². The van der Waals surface area contributed by atoms with Crippen LogP contribution in [-0.4, -0.2) is 9.97 Å². The van der Waals surface area contributed by atoms with Gasteiger partial charge in [-0.3, -0.25) is 0 Å². The van der Waals surface area contributed by atoms with Crippen molar-refractivity contribution >= 4 is 0 Å². The summed E-state index contributed by atoms with van der Waals surface area (Å²) in [7, 11) is 0. The van der Waals surface area contributed by atoms with Gasteiger partial charge < -0.3 is 0 Å². The van der Waals surface area contributed by atoms with Crippen LogP contribution in [0.1, 0.15) is 22.6 Å². The maximum absolute atomic E-state index is 4.48. The van der Waals surface area contributed by atoms with Crippen molar-refractivity contribution < 1.29 is 0 Å². The highest BCUT2D eigenvalue weighted by atomic mass is 14.9. The summed E-state index contributed by atoms with van der Waals surface area (Å²) in [6, 6.07) is 8.47. The Kier molecular flexibility index (Phi) is 2.73. The van der Waals surface area contributed by atoms with Crippen LogP contribution in [0.5, 0.6) is 0 Å². The van der Waals surface area contributed by atoms with Gasteiger partial charge in [-0.25, -0.2) is 9.97 Å². The molecule has 0 saturated carbocycles. The van der Waals surface area contributed by atoms with Crippen LogP contribution in [0.25, 0.3) is 11.3 Å². The minimum Gasteiger partial charge on any atom is -0.239 e. The highest BCUT2D eigenvalue weighted by Gasteiger charge is 2.05. The molecule has 0 bridgehead atoms. The molecule has 16 heavy (non-hydrogen) atoms. The van der Waals surface area contributed by atoms with Crippen LogP contribution in [-0.2, 0) is 0 Å². The summed E-state index contributed by atoms with van der Waals surface area (Å²) in [4.78, 5) is 8.78. The summed E-state index contributed by atoms with van der Waals surface area (Å²) >= 11 is 0. The van der Waals surface area contributed by atoms with Gasteiger partial charge in [0.15, 0.2) is 0 Å². The van der Waals surface area contributed by atoms with Gasteiger partial charge in [0.05, 0.1) is 5.69 Å². The van der Waals surface area contributed by atoms with Crippen LogP contribution < -0.4 is 0 Å².